The van der Waals surface area contributed by atoms with Gasteiger partial charge in [-0.25, -0.2) is 0 Å². The molecule has 3 heteroatoms. The molecule has 0 aliphatic carbocycles. The van der Waals surface area contributed by atoms with Gasteiger partial charge < -0.3 is 11.1 Å². The minimum Gasteiger partial charge on any atom is -0.326 e. The van der Waals surface area contributed by atoms with E-state index >= 15 is 0 Å². The second kappa shape index (κ2) is 4.21. The van der Waals surface area contributed by atoms with Crippen molar-refractivity contribution >= 4 is 11.8 Å². The van der Waals surface area contributed by atoms with E-state index in [1.54, 1.807) is 0 Å². The van der Waals surface area contributed by atoms with Crippen LogP contribution in [0.3, 0.4) is 0 Å². The molecule has 0 radical (unpaired) electrons. The molecule has 1 aliphatic heterocycles. The fourth-order valence-electron chi connectivity index (χ4n) is 1.21. The fourth-order valence-corrected chi connectivity index (χ4v) is 2.11. The zero-order chi connectivity index (χ0) is 7.40. The molecule has 1 heterocycles. The first kappa shape index (κ1) is 8.37. The van der Waals surface area contributed by atoms with Gasteiger partial charge in [0.2, 0.25) is 0 Å². The van der Waals surface area contributed by atoms with E-state index < -0.39 is 0 Å². The summed E-state index contributed by atoms with van der Waals surface area (Å²) in [6.45, 7) is 4.32. The van der Waals surface area contributed by atoms with Crippen molar-refractivity contribution < 1.29 is 0 Å². The van der Waals surface area contributed by atoms with Crippen molar-refractivity contribution in [2.45, 2.75) is 13.0 Å². The Bertz CT molecular complexity index is 97.6. The van der Waals surface area contributed by atoms with Crippen LogP contribution in [0.25, 0.3) is 0 Å². The Morgan fingerprint density at radius 3 is 2.90 bits per heavy atom. The largest absolute Gasteiger partial charge is 0.326 e. The third-order valence-corrected chi connectivity index (χ3v) is 3.00. The lowest BCUT2D eigenvalue weighted by Crippen LogP contribution is -2.30. The Kier molecular flexibility index (Phi) is 3.52. The van der Waals surface area contributed by atoms with Gasteiger partial charge in [0.15, 0.2) is 0 Å². The minimum atomic E-state index is 0.402. The Labute approximate surface area is 66.9 Å². The first-order valence-corrected chi connectivity index (χ1v) is 5.04. The van der Waals surface area contributed by atoms with Gasteiger partial charge in [-0.15, -0.1) is 0 Å². The van der Waals surface area contributed by atoms with E-state index in [0.29, 0.717) is 12.0 Å². The summed E-state index contributed by atoms with van der Waals surface area (Å²) >= 11 is 1.99. The van der Waals surface area contributed by atoms with Crippen molar-refractivity contribution in [2.75, 3.05) is 24.6 Å². The smallest absolute Gasteiger partial charge is 0.0214 e. The standard InChI is InChI=1S/C7H16N2S/c1-2-10-5-6-3-9-4-7(6)8/h6-7,9H,2-5,8H2,1H3. The van der Waals surface area contributed by atoms with Gasteiger partial charge in [0, 0.05) is 19.1 Å². The maximum absolute atomic E-state index is 5.84. The van der Waals surface area contributed by atoms with Gasteiger partial charge in [-0.05, 0) is 17.4 Å². The highest BCUT2D eigenvalue weighted by molar-refractivity contribution is 7.99. The summed E-state index contributed by atoms with van der Waals surface area (Å²) in [7, 11) is 0. The molecular weight excluding hydrogens is 144 g/mol. The molecule has 0 aromatic rings. The summed E-state index contributed by atoms with van der Waals surface area (Å²) in [5, 5.41) is 3.29. The van der Waals surface area contributed by atoms with Crippen LogP contribution in [0.2, 0.25) is 0 Å². The van der Waals surface area contributed by atoms with Crippen LogP contribution in [0.4, 0.5) is 0 Å². The summed E-state index contributed by atoms with van der Waals surface area (Å²) < 4.78 is 0. The predicted molar refractivity (Wildman–Crippen MR) is 47.3 cm³/mol. The van der Waals surface area contributed by atoms with E-state index in [1.165, 1.54) is 11.5 Å². The van der Waals surface area contributed by atoms with E-state index in [1.807, 2.05) is 11.8 Å². The molecule has 0 saturated carbocycles. The van der Waals surface area contributed by atoms with Crippen molar-refractivity contribution in [3.63, 3.8) is 0 Å². The zero-order valence-electron chi connectivity index (χ0n) is 6.47. The van der Waals surface area contributed by atoms with E-state index in [9.17, 15) is 0 Å². The highest BCUT2D eigenvalue weighted by atomic mass is 32.2. The van der Waals surface area contributed by atoms with Crippen LogP contribution in [0.1, 0.15) is 6.92 Å². The molecule has 0 bridgehead atoms. The fraction of sp³-hybridized carbons (Fsp3) is 1.00. The highest BCUT2D eigenvalue weighted by Crippen LogP contribution is 2.13. The van der Waals surface area contributed by atoms with Crippen LogP contribution in [0.15, 0.2) is 0 Å². The average molecular weight is 160 g/mol. The molecule has 1 aliphatic rings. The van der Waals surface area contributed by atoms with Crippen LogP contribution < -0.4 is 11.1 Å². The van der Waals surface area contributed by atoms with Crippen LogP contribution >= 0.6 is 11.8 Å². The lowest BCUT2D eigenvalue weighted by Gasteiger charge is -2.11. The molecule has 2 atom stereocenters. The van der Waals surface area contributed by atoms with E-state index in [4.69, 9.17) is 5.73 Å². The second-order valence-corrected chi connectivity index (χ2v) is 4.06. The summed E-state index contributed by atoms with van der Waals surface area (Å²) in [6, 6.07) is 0.402. The molecule has 1 rings (SSSR count). The molecule has 3 N–H and O–H groups in total. The van der Waals surface area contributed by atoms with E-state index in [2.05, 4.69) is 12.2 Å². The lowest BCUT2D eigenvalue weighted by atomic mass is 10.1. The average Bonchev–Trinajstić information content (AvgIpc) is 2.31. The minimum absolute atomic E-state index is 0.402. The Hall–Kier alpha value is 0.270. The van der Waals surface area contributed by atoms with Crippen molar-refractivity contribution in [1.82, 2.24) is 5.32 Å². The second-order valence-electron chi connectivity index (χ2n) is 2.74. The van der Waals surface area contributed by atoms with Crippen LogP contribution in [0, 0.1) is 5.92 Å². The zero-order valence-corrected chi connectivity index (χ0v) is 7.29. The van der Waals surface area contributed by atoms with Gasteiger partial charge >= 0.3 is 0 Å². The summed E-state index contributed by atoms with van der Waals surface area (Å²) in [5.41, 5.74) is 5.84. The molecule has 0 spiro atoms. The first-order valence-electron chi connectivity index (χ1n) is 3.88. The molecule has 0 aromatic carbocycles. The normalized spacial score (nSPS) is 33.0. The number of rotatable bonds is 3. The molecule has 0 amide bonds. The molecule has 1 saturated heterocycles. The van der Waals surface area contributed by atoms with Crippen molar-refractivity contribution in [2.24, 2.45) is 11.7 Å². The summed E-state index contributed by atoms with van der Waals surface area (Å²) in [5.74, 6) is 3.15. The first-order chi connectivity index (χ1) is 4.84. The third kappa shape index (κ3) is 2.15. The predicted octanol–water partition coefficient (Wildman–Crippen LogP) is 0.286. The molecule has 1 fully saturated rings. The van der Waals surface area contributed by atoms with Gasteiger partial charge in [-0.2, -0.15) is 11.8 Å². The summed E-state index contributed by atoms with van der Waals surface area (Å²) in [6.07, 6.45) is 0. The lowest BCUT2D eigenvalue weighted by molar-refractivity contribution is 0.574. The maximum Gasteiger partial charge on any atom is 0.0214 e. The quantitative estimate of drug-likeness (QED) is 0.623. The number of hydrogen-bond acceptors (Lipinski definition) is 3. The Balaban J connectivity index is 2.14. The topological polar surface area (TPSA) is 38.0 Å². The van der Waals surface area contributed by atoms with Gasteiger partial charge in [-0.3, -0.25) is 0 Å². The van der Waals surface area contributed by atoms with Crippen molar-refractivity contribution in [3.8, 4) is 0 Å². The molecule has 2 nitrogen and oxygen atoms in total. The summed E-state index contributed by atoms with van der Waals surface area (Å²) in [4.78, 5) is 0. The van der Waals surface area contributed by atoms with Gasteiger partial charge in [0.05, 0.1) is 0 Å². The molecule has 10 heavy (non-hydrogen) atoms. The molecule has 60 valence electrons. The van der Waals surface area contributed by atoms with Crippen molar-refractivity contribution in [1.29, 1.82) is 0 Å². The molecular formula is C7H16N2S. The highest BCUT2D eigenvalue weighted by Gasteiger charge is 2.22. The Morgan fingerprint density at radius 1 is 1.60 bits per heavy atom. The SMILES string of the molecule is CCSCC1CNCC1N. The Morgan fingerprint density at radius 2 is 2.40 bits per heavy atom. The van der Waals surface area contributed by atoms with Gasteiger partial charge in [0.25, 0.3) is 0 Å². The van der Waals surface area contributed by atoms with Crippen LogP contribution in [-0.2, 0) is 0 Å². The number of nitrogens with two attached hydrogens (primary N) is 1. The molecule has 0 aromatic heterocycles. The number of hydrogen-bond donors (Lipinski definition) is 2. The maximum atomic E-state index is 5.84. The van der Waals surface area contributed by atoms with E-state index in [0.717, 1.165) is 13.1 Å². The van der Waals surface area contributed by atoms with Crippen LogP contribution in [-0.4, -0.2) is 30.6 Å². The molecule has 2 unspecified atom stereocenters. The third-order valence-electron chi connectivity index (χ3n) is 1.93. The monoisotopic (exact) mass is 160 g/mol. The van der Waals surface area contributed by atoms with E-state index in [-0.39, 0.29) is 0 Å². The van der Waals surface area contributed by atoms with Crippen LogP contribution in [0.5, 0.6) is 0 Å². The van der Waals surface area contributed by atoms with Crippen molar-refractivity contribution in [3.05, 3.63) is 0 Å². The van der Waals surface area contributed by atoms with Gasteiger partial charge in [0.1, 0.15) is 0 Å². The number of thioether (sulfide) groups is 1. The van der Waals surface area contributed by atoms with Gasteiger partial charge in [-0.1, -0.05) is 6.92 Å². The number of nitrogens with one attached hydrogen (secondary N) is 1.